The highest BCUT2D eigenvalue weighted by atomic mass is 16.2. The minimum Gasteiger partial charge on any atom is -0.356 e. The van der Waals surface area contributed by atoms with Gasteiger partial charge in [-0.1, -0.05) is 6.92 Å². The molecule has 5 heteroatoms. The maximum atomic E-state index is 11.0. The molecule has 5 nitrogen and oxygen atoms in total. The van der Waals surface area contributed by atoms with E-state index in [0.29, 0.717) is 25.8 Å². The number of carbonyl (C=O) groups is 2. The molecule has 0 aliphatic heterocycles. The van der Waals surface area contributed by atoms with Crippen molar-refractivity contribution < 1.29 is 9.59 Å². The Labute approximate surface area is 78.0 Å². The van der Waals surface area contributed by atoms with Gasteiger partial charge in [0.1, 0.15) is 0 Å². The number of carbonyl (C=O) groups excluding carboxylic acids is 2. The van der Waals surface area contributed by atoms with Crippen LogP contribution in [-0.4, -0.2) is 18.4 Å². The number of rotatable bonds is 6. The summed E-state index contributed by atoms with van der Waals surface area (Å²) in [6.07, 6.45) is 2.15. The summed E-state index contributed by atoms with van der Waals surface area (Å²) in [6.45, 7) is 2.68. The Balaban J connectivity index is 3.31. The van der Waals surface area contributed by atoms with Crippen LogP contribution in [-0.2, 0) is 9.59 Å². The van der Waals surface area contributed by atoms with Gasteiger partial charge in [-0.05, 0) is 12.8 Å². The van der Waals surface area contributed by atoms with Crippen molar-refractivity contribution in [3.63, 3.8) is 0 Å². The summed E-state index contributed by atoms with van der Waals surface area (Å²) < 4.78 is 0. The molecule has 0 bridgehead atoms. The number of hydrogen-bond acceptors (Lipinski definition) is 3. The molecule has 0 atom stereocenters. The molecule has 0 fully saturated rings. The maximum absolute atomic E-state index is 11.0. The van der Waals surface area contributed by atoms with Crippen LogP contribution in [0.3, 0.4) is 0 Å². The highest BCUT2D eigenvalue weighted by Gasteiger charge is 2.02. The first-order chi connectivity index (χ1) is 6.20. The summed E-state index contributed by atoms with van der Waals surface area (Å²) in [5, 5.41) is 2.72. The lowest BCUT2D eigenvalue weighted by atomic mass is 10.2. The van der Waals surface area contributed by atoms with Crippen LogP contribution in [0.15, 0.2) is 0 Å². The molecule has 0 radical (unpaired) electrons. The Morgan fingerprint density at radius 1 is 1.23 bits per heavy atom. The highest BCUT2D eigenvalue weighted by molar-refractivity contribution is 5.78. The number of nitrogens with one attached hydrogen (secondary N) is 2. The first-order valence-electron chi connectivity index (χ1n) is 4.46. The monoisotopic (exact) mass is 187 g/mol. The Morgan fingerprint density at radius 2 is 1.85 bits per heavy atom. The SMILES string of the molecule is CCCNC(=O)CCCC(=O)NN. The fourth-order valence-corrected chi connectivity index (χ4v) is 0.834. The number of hydrazine groups is 1. The van der Waals surface area contributed by atoms with Gasteiger partial charge in [0.15, 0.2) is 0 Å². The Morgan fingerprint density at radius 3 is 2.38 bits per heavy atom. The van der Waals surface area contributed by atoms with Crippen molar-refractivity contribution in [2.45, 2.75) is 32.6 Å². The minimum absolute atomic E-state index is 0.00771. The average Bonchev–Trinajstić information content (AvgIpc) is 2.14. The molecule has 0 aromatic carbocycles. The molecule has 0 rings (SSSR count). The van der Waals surface area contributed by atoms with Gasteiger partial charge in [-0.25, -0.2) is 5.84 Å². The van der Waals surface area contributed by atoms with Crippen molar-refractivity contribution in [1.82, 2.24) is 10.7 Å². The van der Waals surface area contributed by atoms with Crippen LogP contribution in [0.4, 0.5) is 0 Å². The number of amides is 2. The Bertz CT molecular complexity index is 171. The first kappa shape index (κ1) is 11.9. The molecule has 0 aromatic heterocycles. The van der Waals surface area contributed by atoms with E-state index in [4.69, 9.17) is 5.84 Å². The van der Waals surface area contributed by atoms with Crippen molar-refractivity contribution in [2.24, 2.45) is 5.84 Å². The van der Waals surface area contributed by atoms with E-state index in [-0.39, 0.29) is 11.8 Å². The lowest BCUT2D eigenvalue weighted by molar-refractivity contribution is -0.122. The first-order valence-corrected chi connectivity index (χ1v) is 4.46. The van der Waals surface area contributed by atoms with Crippen LogP contribution in [0.25, 0.3) is 0 Å². The number of hydrogen-bond donors (Lipinski definition) is 3. The average molecular weight is 187 g/mol. The second-order valence-corrected chi connectivity index (χ2v) is 2.77. The molecule has 0 aromatic rings. The van der Waals surface area contributed by atoms with E-state index in [9.17, 15) is 9.59 Å². The Kier molecular flexibility index (Phi) is 6.91. The van der Waals surface area contributed by atoms with E-state index in [0.717, 1.165) is 6.42 Å². The van der Waals surface area contributed by atoms with E-state index >= 15 is 0 Å². The van der Waals surface area contributed by atoms with Crippen molar-refractivity contribution in [2.75, 3.05) is 6.54 Å². The molecule has 4 N–H and O–H groups in total. The third-order valence-corrected chi connectivity index (χ3v) is 1.54. The zero-order chi connectivity index (χ0) is 10.1. The lowest BCUT2D eigenvalue weighted by Gasteiger charge is -2.02. The van der Waals surface area contributed by atoms with Crippen LogP contribution in [0.1, 0.15) is 32.6 Å². The second-order valence-electron chi connectivity index (χ2n) is 2.77. The van der Waals surface area contributed by atoms with Crippen LogP contribution in [0, 0.1) is 0 Å². The fourth-order valence-electron chi connectivity index (χ4n) is 0.834. The summed E-state index contributed by atoms with van der Waals surface area (Å²) in [6, 6.07) is 0. The molecule has 0 saturated carbocycles. The van der Waals surface area contributed by atoms with Gasteiger partial charge in [-0.3, -0.25) is 15.0 Å². The van der Waals surface area contributed by atoms with E-state index in [1.807, 2.05) is 12.3 Å². The van der Waals surface area contributed by atoms with Crippen LogP contribution in [0.5, 0.6) is 0 Å². The molecule has 0 saturated heterocycles. The van der Waals surface area contributed by atoms with Gasteiger partial charge in [0.25, 0.3) is 0 Å². The fraction of sp³-hybridized carbons (Fsp3) is 0.750. The molecule has 0 unspecified atom stereocenters. The lowest BCUT2D eigenvalue weighted by Crippen LogP contribution is -2.30. The predicted molar refractivity (Wildman–Crippen MR) is 49.5 cm³/mol. The van der Waals surface area contributed by atoms with Gasteiger partial charge in [0.2, 0.25) is 11.8 Å². The zero-order valence-corrected chi connectivity index (χ0v) is 7.93. The second kappa shape index (κ2) is 7.54. The Hall–Kier alpha value is -1.10. The third-order valence-electron chi connectivity index (χ3n) is 1.54. The van der Waals surface area contributed by atoms with Gasteiger partial charge in [-0.2, -0.15) is 0 Å². The van der Waals surface area contributed by atoms with E-state index < -0.39 is 0 Å². The van der Waals surface area contributed by atoms with Gasteiger partial charge in [0.05, 0.1) is 0 Å². The van der Waals surface area contributed by atoms with Gasteiger partial charge >= 0.3 is 0 Å². The molecule has 2 amide bonds. The van der Waals surface area contributed by atoms with Crippen LogP contribution < -0.4 is 16.6 Å². The summed E-state index contributed by atoms with van der Waals surface area (Å²) >= 11 is 0. The molecular weight excluding hydrogens is 170 g/mol. The van der Waals surface area contributed by atoms with Crippen molar-refractivity contribution in [1.29, 1.82) is 0 Å². The van der Waals surface area contributed by atoms with Crippen LogP contribution in [0.2, 0.25) is 0 Å². The molecular formula is C8H17N3O2. The van der Waals surface area contributed by atoms with Gasteiger partial charge < -0.3 is 5.32 Å². The van der Waals surface area contributed by atoms with Crippen molar-refractivity contribution in [3.8, 4) is 0 Å². The smallest absolute Gasteiger partial charge is 0.233 e. The summed E-state index contributed by atoms with van der Waals surface area (Å²) in [7, 11) is 0. The highest BCUT2D eigenvalue weighted by Crippen LogP contribution is 1.94. The number of nitrogens with two attached hydrogens (primary N) is 1. The normalized spacial score (nSPS) is 9.38. The van der Waals surface area contributed by atoms with Crippen molar-refractivity contribution >= 4 is 11.8 Å². The van der Waals surface area contributed by atoms with Gasteiger partial charge in [-0.15, -0.1) is 0 Å². The molecule has 0 aliphatic rings. The van der Waals surface area contributed by atoms with Gasteiger partial charge in [0, 0.05) is 19.4 Å². The minimum atomic E-state index is -0.233. The predicted octanol–water partition coefficient (Wildman–Crippen LogP) is -0.327. The van der Waals surface area contributed by atoms with Crippen molar-refractivity contribution in [3.05, 3.63) is 0 Å². The largest absolute Gasteiger partial charge is 0.356 e. The molecule has 0 aliphatic carbocycles. The molecule has 76 valence electrons. The summed E-state index contributed by atoms with van der Waals surface area (Å²) in [4.78, 5) is 21.6. The van der Waals surface area contributed by atoms with E-state index in [1.54, 1.807) is 0 Å². The van der Waals surface area contributed by atoms with E-state index in [1.165, 1.54) is 0 Å². The van der Waals surface area contributed by atoms with E-state index in [2.05, 4.69) is 5.32 Å². The maximum Gasteiger partial charge on any atom is 0.233 e. The molecule has 13 heavy (non-hydrogen) atoms. The summed E-state index contributed by atoms with van der Waals surface area (Å²) in [5.41, 5.74) is 2.01. The summed E-state index contributed by atoms with van der Waals surface area (Å²) in [5.74, 6) is 4.63. The van der Waals surface area contributed by atoms with Crippen LogP contribution >= 0.6 is 0 Å². The topological polar surface area (TPSA) is 84.2 Å². The molecule has 0 heterocycles. The zero-order valence-electron chi connectivity index (χ0n) is 7.93. The quantitative estimate of drug-likeness (QED) is 0.302. The standard InChI is InChI=1S/C8H17N3O2/c1-2-6-10-7(12)4-3-5-8(13)11-9/h2-6,9H2,1H3,(H,10,12)(H,11,13). The third kappa shape index (κ3) is 7.27. The molecule has 0 spiro atoms.